The second-order valence-corrected chi connectivity index (χ2v) is 10.6. The molecular formula is C24H19Cl3FN5O2S2. The van der Waals surface area contributed by atoms with Gasteiger partial charge >= 0.3 is 0 Å². The summed E-state index contributed by atoms with van der Waals surface area (Å²) in [5.41, 5.74) is 1.36. The predicted octanol–water partition coefficient (Wildman–Crippen LogP) is 7.56. The predicted molar refractivity (Wildman–Crippen MR) is 148 cm³/mol. The van der Waals surface area contributed by atoms with Gasteiger partial charge in [0.15, 0.2) is 22.2 Å². The minimum atomic E-state index is -0.549. The van der Waals surface area contributed by atoms with Crippen molar-refractivity contribution >= 4 is 68.9 Å². The fourth-order valence-electron chi connectivity index (χ4n) is 3.26. The smallest absolute Gasteiger partial charge is 0.236 e. The van der Waals surface area contributed by atoms with Crippen molar-refractivity contribution in [3.8, 4) is 17.0 Å². The Morgan fingerprint density at radius 3 is 2.78 bits per heavy atom. The summed E-state index contributed by atoms with van der Waals surface area (Å²) in [6.45, 7) is 5.95. The van der Waals surface area contributed by atoms with Crippen molar-refractivity contribution in [3.05, 3.63) is 81.1 Å². The maximum absolute atomic E-state index is 13.3. The Morgan fingerprint density at radius 1 is 1.24 bits per heavy atom. The van der Waals surface area contributed by atoms with Crippen molar-refractivity contribution in [2.45, 2.75) is 24.7 Å². The SMILES string of the molecule is C=CCn1c(SCC(=O)Nc2nc(-c3ccc(Cl)cc3Cl)cs2)nnc1C(C)Oc1ccc(F)cc1Cl. The van der Waals surface area contributed by atoms with Crippen LogP contribution in [0.25, 0.3) is 11.3 Å². The molecule has 2 heterocycles. The van der Waals surface area contributed by atoms with E-state index in [1.807, 2.05) is 0 Å². The van der Waals surface area contributed by atoms with E-state index in [0.29, 0.717) is 44.1 Å². The van der Waals surface area contributed by atoms with Crippen molar-refractivity contribution in [2.75, 3.05) is 11.1 Å². The van der Waals surface area contributed by atoms with Crippen LogP contribution in [0.4, 0.5) is 9.52 Å². The lowest BCUT2D eigenvalue weighted by Gasteiger charge is -2.16. The Kier molecular flexibility index (Phi) is 9.09. The van der Waals surface area contributed by atoms with E-state index in [1.54, 1.807) is 41.1 Å². The number of carbonyl (C=O) groups is 1. The molecule has 2 aromatic heterocycles. The standard InChI is InChI=1S/C24H19Cl3FN5O2S2/c1-3-8-33-22(13(2)35-20-7-5-15(28)10-18(20)27)31-32-24(33)37-12-21(34)30-23-29-19(11-36-23)16-6-4-14(25)9-17(16)26/h3-7,9-11,13H,1,8,12H2,2H3,(H,29,30,34). The molecule has 0 aliphatic carbocycles. The number of hydrogen-bond acceptors (Lipinski definition) is 7. The molecule has 1 amide bonds. The molecule has 0 saturated carbocycles. The molecule has 192 valence electrons. The van der Waals surface area contributed by atoms with Crippen LogP contribution in [0.15, 0.2) is 59.6 Å². The summed E-state index contributed by atoms with van der Waals surface area (Å²) in [5.74, 6) is 0.183. The Balaban J connectivity index is 1.40. The van der Waals surface area contributed by atoms with E-state index < -0.39 is 11.9 Å². The number of anilines is 1. The summed E-state index contributed by atoms with van der Waals surface area (Å²) in [4.78, 5) is 17.0. The molecule has 13 heteroatoms. The lowest BCUT2D eigenvalue weighted by atomic mass is 10.2. The van der Waals surface area contributed by atoms with Crippen LogP contribution in [0.3, 0.4) is 0 Å². The van der Waals surface area contributed by atoms with Gasteiger partial charge in [-0.15, -0.1) is 28.1 Å². The maximum Gasteiger partial charge on any atom is 0.236 e. The highest BCUT2D eigenvalue weighted by molar-refractivity contribution is 7.99. The average molecular weight is 599 g/mol. The highest BCUT2D eigenvalue weighted by Crippen LogP contribution is 2.33. The largest absolute Gasteiger partial charge is 0.481 e. The molecule has 4 aromatic rings. The minimum absolute atomic E-state index is 0.0743. The van der Waals surface area contributed by atoms with Crippen LogP contribution in [0.1, 0.15) is 18.9 Å². The van der Waals surface area contributed by atoms with Crippen LogP contribution >= 0.6 is 57.9 Å². The van der Waals surface area contributed by atoms with Gasteiger partial charge in [0.2, 0.25) is 5.91 Å². The van der Waals surface area contributed by atoms with Crippen LogP contribution < -0.4 is 10.1 Å². The van der Waals surface area contributed by atoms with E-state index >= 15 is 0 Å². The molecule has 0 aliphatic rings. The molecule has 0 fully saturated rings. The van der Waals surface area contributed by atoms with Crippen molar-refractivity contribution < 1.29 is 13.9 Å². The second kappa shape index (κ2) is 12.3. The maximum atomic E-state index is 13.3. The quantitative estimate of drug-likeness (QED) is 0.150. The zero-order chi connectivity index (χ0) is 26.5. The number of rotatable bonds is 10. The van der Waals surface area contributed by atoms with E-state index in [-0.39, 0.29) is 16.7 Å². The third-order valence-corrected chi connectivity index (χ3v) is 7.48. The first-order valence-electron chi connectivity index (χ1n) is 10.7. The molecule has 37 heavy (non-hydrogen) atoms. The Hall–Kier alpha value is -2.63. The van der Waals surface area contributed by atoms with Gasteiger partial charge in [-0.3, -0.25) is 9.36 Å². The number of halogens is 4. The number of hydrogen-bond donors (Lipinski definition) is 1. The summed E-state index contributed by atoms with van der Waals surface area (Å²) >= 11 is 20.8. The summed E-state index contributed by atoms with van der Waals surface area (Å²) in [6.07, 6.45) is 1.14. The Labute approximate surface area is 235 Å². The molecule has 0 spiro atoms. The van der Waals surface area contributed by atoms with Crippen LogP contribution in [-0.4, -0.2) is 31.4 Å². The van der Waals surface area contributed by atoms with Gasteiger partial charge in [0.25, 0.3) is 0 Å². The molecule has 0 bridgehead atoms. The van der Waals surface area contributed by atoms with Gasteiger partial charge in [-0.2, -0.15) is 0 Å². The Bertz CT molecular complexity index is 1450. The summed E-state index contributed by atoms with van der Waals surface area (Å²) in [5, 5.41) is 15.1. The van der Waals surface area contributed by atoms with Gasteiger partial charge < -0.3 is 10.1 Å². The van der Waals surface area contributed by atoms with E-state index in [9.17, 15) is 9.18 Å². The van der Waals surface area contributed by atoms with Gasteiger partial charge in [0.1, 0.15) is 11.6 Å². The molecular weight excluding hydrogens is 580 g/mol. The van der Waals surface area contributed by atoms with Gasteiger partial charge in [0.05, 0.1) is 21.5 Å². The molecule has 1 unspecified atom stereocenters. The number of nitrogens with one attached hydrogen (secondary N) is 1. The lowest BCUT2D eigenvalue weighted by molar-refractivity contribution is -0.113. The van der Waals surface area contributed by atoms with E-state index in [4.69, 9.17) is 39.5 Å². The van der Waals surface area contributed by atoms with Crippen molar-refractivity contribution in [3.63, 3.8) is 0 Å². The lowest BCUT2D eigenvalue weighted by Crippen LogP contribution is -2.15. The molecule has 2 aromatic carbocycles. The first-order valence-corrected chi connectivity index (χ1v) is 13.7. The molecule has 0 saturated heterocycles. The molecule has 0 aliphatic heterocycles. The van der Waals surface area contributed by atoms with E-state index in [2.05, 4.69) is 27.1 Å². The average Bonchev–Trinajstić information content (AvgIpc) is 3.47. The zero-order valence-electron chi connectivity index (χ0n) is 19.3. The highest BCUT2D eigenvalue weighted by atomic mass is 35.5. The van der Waals surface area contributed by atoms with E-state index in [1.165, 1.54) is 41.3 Å². The number of nitrogens with zero attached hydrogens (tertiary/aromatic N) is 4. The van der Waals surface area contributed by atoms with Crippen LogP contribution in [0.5, 0.6) is 5.75 Å². The number of amides is 1. The number of benzene rings is 2. The topological polar surface area (TPSA) is 81.9 Å². The van der Waals surface area contributed by atoms with Crippen LogP contribution in [0, 0.1) is 5.82 Å². The third kappa shape index (κ3) is 6.82. The number of carbonyl (C=O) groups excluding carboxylic acids is 1. The van der Waals surface area contributed by atoms with Crippen molar-refractivity contribution in [1.82, 2.24) is 19.7 Å². The second-order valence-electron chi connectivity index (χ2n) is 7.57. The van der Waals surface area contributed by atoms with Crippen molar-refractivity contribution in [1.29, 1.82) is 0 Å². The zero-order valence-corrected chi connectivity index (χ0v) is 23.2. The number of thioether (sulfide) groups is 1. The van der Waals surface area contributed by atoms with Crippen LogP contribution in [-0.2, 0) is 11.3 Å². The number of allylic oxidation sites excluding steroid dienone is 1. The highest BCUT2D eigenvalue weighted by Gasteiger charge is 2.21. The third-order valence-electron chi connectivity index (χ3n) is 4.91. The number of ether oxygens (including phenoxy) is 1. The van der Waals surface area contributed by atoms with Gasteiger partial charge in [0, 0.05) is 22.5 Å². The van der Waals surface area contributed by atoms with Crippen LogP contribution in [0.2, 0.25) is 15.1 Å². The van der Waals surface area contributed by atoms with Gasteiger partial charge in [-0.1, -0.05) is 52.6 Å². The first kappa shape index (κ1) is 27.4. The number of thiazole rings is 1. The monoisotopic (exact) mass is 597 g/mol. The molecule has 7 nitrogen and oxygen atoms in total. The van der Waals surface area contributed by atoms with Crippen molar-refractivity contribution in [2.24, 2.45) is 0 Å². The Morgan fingerprint density at radius 2 is 2.05 bits per heavy atom. The fourth-order valence-corrected chi connectivity index (χ4v) is 5.46. The summed E-state index contributed by atoms with van der Waals surface area (Å²) in [7, 11) is 0. The summed E-state index contributed by atoms with van der Waals surface area (Å²) < 4.78 is 21.0. The number of aromatic nitrogens is 4. The van der Waals surface area contributed by atoms with Gasteiger partial charge in [-0.25, -0.2) is 9.37 Å². The molecule has 1 N–H and O–H groups in total. The van der Waals surface area contributed by atoms with Gasteiger partial charge in [-0.05, 0) is 43.3 Å². The summed E-state index contributed by atoms with van der Waals surface area (Å²) in [6, 6.07) is 9.03. The minimum Gasteiger partial charge on any atom is -0.481 e. The fraction of sp³-hybridized carbons (Fsp3) is 0.167. The van der Waals surface area contributed by atoms with E-state index in [0.717, 1.165) is 5.56 Å². The molecule has 4 rings (SSSR count). The normalized spacial score (nSPS) is 11.8. The first-order chi connectivity index (χ1) is 17.7. The molecule has 0 radical (unpaired) electrons. The molecule has 1 atom stereocenters.